The minimum Gasteiger partial charge on any atom is -0.214 e. The third-order valence-corrected chi connectivity index (χ3v) is 3.15. The largest absolute Gasteiger partial charge is 0.214 e. The Morgan fingerprint density at radius 2 is 1.65 bits per heavy atom. The van der Waals surface area contributed by atoms with Gasteiger partial charge in [-0.2, -0.15) is 24.3 Å². The molecular formula is C16H15BrCl2Zr. The molecule has 20 heavy (non-hydrogen) atoms. The van der Waals surface area contributed by atoms with Crippen LogP contribution in [0.3, 0.4) is 0 Å². The predicted octanol–water partition coefficient (Wildman–Crippen LogP) is 6.72. The summed E-state index contributed by atoms with van der Waals surface area (Å²) >= 11 is 2.67. The zero-order valence-electron chi connectivity index (χ0n) is 11.3. The van der Waals surface area contributed by atoms with E-state index < -0.39 is 20.8 Å². The van der Waals surface area contributed by atoms with Crippen molar-refractivity contribution in [2.45, 2.75) is 13.8 Å². The van der Waals surface area contributed by atoms with Gasteiger partial charge in [0.05, 0.1) is 0 Å². The molecule has 0 aromatic heterocycles. The maximum atomic E-state index is 4.93. The molecule has 0 nitrogen and oxygen atoms in total. The number of fused-ring (bicyclic) bond motifs is 1. The molecule has 0 aliphatic rings. The molecule has 0 saturated heterocycles. The number of benzene rings is 1. The van der Waals surface area contributed by atoms with Crippen LogP contribution in [-0.4, -0.2) is 0 Å². The van der Waals surface area contributed by atoms with Gasteiger partial charge in [0.2, 0.25) is 0 Å². The van der Waals surface area contributed by atoms with Gasteiger partial charge in [0.15, 0.2) is 0 Å². The van der Waals surface area contributed by atoms with Crippen LogP contribution in [0.5, 0.6) is 0 Å². The fourth-order valence-electron chi connectivity index (χ4n) is 1.93. The van der Waals surface area contributed by atoms with Crippen LogP contribution in [0.4, 0.5) is 0 Å². The van der Waals surface area contributed by atoms with E-state index in [0.717, 1.165) is 4.47 Å². The molecule has 0 fully saturated rings. The smallest absolute Gasteiger partial charge is 0.172 e. The molecule has 0 aliphatic carbocycles. The average molecular weight is 449 g/mol. The second-order valence-electron chi connectivity index (χ2n) is 4.29. The SMILES string of the molecule is Cc1cc2c(C)cc(Br)cc2[cH-]1.[Cl][Zr+2][Cl].c1cc[cH-]c1. The summed E-state index contributed by atoms with van der Waals surface area (Å²) in [5, 5.41) is 2.70. The van der Waals surface area contributed by atoms with Gasteiger partial charge in [0.1, 0.15) is 0 Å². The van der Waals surface area contributed by atoms with Crippen LogP contribution >= 0.6 is 33.0 Å². The van der Waals surface area contributed by atoms with Crippen LogP contribution in [0.2, 0.25) is 0 Å². The van der Waals surface area contributed by atoms with E-state index in [1.807, 2.05) is 30.3 Å². The maximum absolute atomic E-state index is 4.93. The standard InChI is InChI=1S/C11H10Br.C5H5.2ClH.Zr/c1-7-3-9-6-10(12)5-8(2)11(9)4-7;1-2-4-5-3-1;;;/h3-6H,1-2H3;1-5H;2*1H;/q2*-1;;;+4/p-2. The van der Waals surface area contributed by atoms with Crippen molar-refractivity contribution in [3.8, 4) is 0 Å². The second kappa shape index (κ2) is 9.95. The molecule has 0 N–H and O–H groups in total. The first-order valence-electron chi connectivity index (χ1n) is 6.04. The Hall–Kier alpha value is 0.123. The third-order valence-electron chi connectivity index (χ3n) is 2.69. The van der Waals surface area contributed by atoms with Crippen LogP contribution < -0.4 is 0 Å². The Balaban J connectivity index is 0.000000208. The van der Waals surface area contributed by atoms with Gasteiger partial charge in [-0.25, -0.2) is 12.1 Å². The number of halogens is 3. The summed E-state index contributed by atoms with van der Waals surface area (Å²) in [7, 11) is 9.87. The van der Waals surface area contributed by atoms with Crippen LogP contribution in [0, 0.1) is 13.8 Å². The molecule has 0 saturated carbocycles. The minimum absolute atomic E-state index is 0.826. The van der Waals surface area contributed by atoms with Gasteiger partial charge in [-0.15, -0.1) is 28.5 Å². The zero-order chi connectivity index (χ0) is 15.0. The molecule has 0 atom stereocenters. The van der Waals surface area contributed by atoms with Crippen molar-refractivity contribution in [1.29, 1.82) is 0 Å². The Kier molecular flexibility index (Phi) is 9.04. The van der Waals surface area contributed by atoms with Crippen molar-refractivity contribution in [1.82, 2.24) is 0 Å². The van der Waals surface area contributed by atoms with Gasteiger partial charge in [-0.1, -0.05) is 34.5 Å². The Morgan fingerprint density at radius 1 is 1.05 bits per heavy atom. The summed E-state index contributed by atoms with van der Waals surface area (Å²) in [5.74, 6) is 0. The van der Waals surface area contributed by atoms with E-state index in [9.17, 15) is 0 Å². The van der Waals surface area contributed by atoms with Gasteiger partial charge < -0.3 is 0 Å². The maximum Gasteiger partial charge on any atom is -0.172 e. The second-order valence-corrected chi connectivity index (χ2v) is 8.94. The minimum atomic E-state index is -0.826. The fourth-order valence-corrected chi connectivity index (χ4v) is 2.52. The molecule has 0 spiro atoms. The van der Waals surface area contributed by atoms with Crippen LogP contribution in [-0.2, 0) is 20.8 Å². The summed E-state index contributed by atoms with van der Waals surface area (Å²) in [6, 6.07) is 18.8. The first kappa shape index (κ1) is 18.2. The topological polar surface area (TPSA) is 0 Å². The normalized spacial score (nSPS) is 9.05. The van der Waals surface area contributed by atoms with Crippen LogP contribution in [0.1, 0.15) is 11.1 Å². The van der Waals surface area contributed by atoms with Crippen LogP contribution in [0.25, 0.3) is 10.8 Å². The molecule has 3 aromatic carbocycles. The number of hydrogen-bond acceptors (Lipinski definition) is 0. The summed E-state index contributed by atoms with van der Waals surface area (Å²) < 4.78 is 1.16. The van der Waals surface area contributed by atoms with E-state index in [2.05, 4.69) is 54.0 Å². The van der Waals surface area contributed by atoms with E-state index >= 15 is 0 Å². The molecule has 0 unspecified atom stereocenters. The van der Waals surface area contributed by atoms with E-state index in [0.29, 0.717) is 0 Å². The number of rotatable bonds is 0. The molecule has 3 rings (SSSR count). The van der Waals surface area contributed by atoms with E-state index in [-0.39, 0.29) is 0 Å². The van der Waals surface area contributed by atoms with Gasteiger partial charge in [-0.3, -0.25) is 0 Å². The van der Waals surface area contributed by atoms with Crippen molar-refractivity contribution in [3.63, 3.8) is 0 Å². The Labute approximate surface area is 147 Å². The van der Waals surface area contributed by atoms with Crippen molar-refractivity contribution < 1.29 is 20.8 Å². The Morgan fingerprint density at radius 3 is 2.15 bits per heavy atom. The van der Waals surface area contributed by atoms with Crippen molar-refractivity contribution in [3.05, 3.63) is 70.2 Å². The Bertz CT molecular complexity index is 598. The zero-order valence-corrected chi connectivity index (χ0v) is 16.9. The average Bonchev–Trinajstić information content (AvgIpc) is 3.01. The van der Waals surface area contributed by atoms with Crippen molar-refractivity contribution >= 4 is 43.7 Å². The molecule has 0 bridgehead atoms. The van der Waals surface area contributed by atoms with E-state index in [1.165, 1.54) is 21.9 Å². The molecule has 4 heteroatoms. The quantitative estimate of drug-likeness (QED) is 0.334. The molecule has 3 aromatic rings. The first-order valence-corrected chi connectivity index (χ1v) is 13.2. The predicted molar refractivity (Wildman–Crippen MR) is 90.5 cm³/mol. The number of aryl methyl sites for hydroxylation is 2. The summed E-state index contributed by atoms with van der Waals surface area (Å²) in [4.78, 5) is 0. The van der Waals surface area contributed by atoms with Crippen molar-refractivity contribution in [2.75, 3.05) is 0 Å². The number of hydrogen-bond donors (Lipinski definition) is 0. The van der Waals surface area contributed by atoms with E-state index in [1.54, 1.807) is 0 Å². The fraction of sp³-hybridized carbons (Fsp3) is 0.125. The third kappa shape index (κ3) is 6.27. The summed E-state index contributed by atoms with van der Waals surface area (Å²) in [6.07, 6.45) is 0. The van der Waals surface area contributed by atoms with Gasteiger partial charge in [0, 0.05) is 0 Å². The molecule has 0 aliphatic heterocycles. The van der Waals surface area contributed by atoms with Crippen LogP contribution in [0.15, 0.2) is 59.1 Å². The monoisotopic (exact) mass is 446 g/mol. The van der Waals surface area contributed by atoms with E-state index in [4.69, 9.17) is 17.0 Å². The van der Waals surface area contributed by atoms with Gasteiger partial charge >= 0.3 is 37.9 Å². The van der Waals surface area contributed by atoms with Gasteiger partial charge in [-0.05, 0) is 11.4 Å². The summed E-state index contributed by atoms with van der Waals surface area (Å²) in [5.41, 5.74) is 2.68. The first-order chi connectivity index (χ1) is 9.58. The van der Waals surface area contributed by atoms with Crippen molar-refractivity contribution in [2.24, 2.45) is 0 Å². The van der Waals surface area contributed by atoms with Gasteiger partial charge in [0.25, 0.3) is 0 Å². The molecule has 0 radical (unpaired) electrons. The molecule has 0 heterocycles. The molecular weight excluding hydrogens is 434 g/mol. The molecule has 104 valence electrons. The summed E-state index contributed by atoms with van der Waals surface area (Å²) in [6.45, 7) is 4.28. The molecule has 0 amide bonds.